The van der Waals surface area contributed by atoms with Crippen molar-refractivity contribution in [1.82, 2.24) is 10.2 Å². The van der Waals surface area contributed by atoms with Crippen molar-refractivity contribution in [1.29, 1.82) is 0 Å². The standard InChI is InChI=1S/C16H24N2O/c1-13-5-3-6-14(11-13)8-9-16(19)18-10-4-7-15(12-18)17-2/h3,5-6,11,15,17H,4,7-10,12H2,1-2H3. The van der Waals surface area contributed by atoms with Gasteiger partial charge in [-0.25, -0.2) is 0 Å². The maximum absolute atomic E-state index is 12.2. The molecule has 0 radical (unpaired) electrons. The highest BCUT2D eigenvalue weighted by Crippen LogP contribution is 2.13. The summed E-state index contributed by atoms with van der Waals surface area (Å²) in [5, 5.41) is 3.28. The molecule has 1 heterocycles. The zero-order chi connectivity index (χ0) is 13.7. The second-order valence-corrected chi connectivity index (χ2v) is 5.46. The number of benzene rings is 1. The Bertz CT molecular complexity index is 431. The molecule has 1 aromatic rings. The predicted molar refractivity (Wildman–Crippen MR) is 78.2 cm³/mol. The van der Waals surface area contributed by atoms with Gasteiger partial charge in [-0.05, 0) is 38.8 Å². The molecule has 3 heteroatoms. The Kier molecular flexibility index (Phi) is 4.97. The average molecular weight is 260 g/mol. The fourth-order valence-electron chi connectivity index (χ4n) is 2.72. The molecule has 0 bridgehead atoms. The first-order valence-electron chi connectivity index (χ1n) is 7.19. The first-order valence-corrected chi connectivity index (χ1v) is 7.19. The van der Waals surface area contributed by atoms with E-state index < -0.39 is 0 Å². The number of amides is 1. The minimum Gasteiger partial charge on any atom is -0.341 e. The minimum absolute atomic E-state index is 0.293. The number of hydrogen-bond acceptors (Lipinski definition) is 2. The summed E-state index contributed by atoms with van der Waals surface area (Å²) in [5.41, 5.74) is 2.52. The fourth-order valence-corrected chi connectivity index (χ4v) is 2.72. The fraction of sp³-hybridized carbons (Fsp3) is 0.562. The molecule has 0 aliphatic carbocycles. The van der Waals surface area contributed by atoms with Crippen LogP contribution in [-0.2, 0) is 11.2 Å². The third kappa shape index (κ3) is 4.06. The van der Waals surface area contributed by atoms with Gasteiger partial charge in [-0.15, -0.1) is 0 Å². The lowest BCUT2D eigenvalue weighted by Gasteiger charge is -2.32. The van der Waals surface area contributed by atoms with E-state index in [2.05, 4.69) is 36.5 Å². The number of hydrogen-bond donors (Lipinski definition) is 1. The molecule has 1 atom stereocenters. The van der Waals surface area contributed by atoms with Gasteiger partial charge in [0.05, 0.1) is 0 Å². The van der Waals surface area contributed by atoms with Gasteiger partial charge in [-0.1, -0.05) is 29.8 Å². The molecule has 2 rings (SSSR count). The maximum atomic E-state index is 12.2. The number of aryl methyl sites for hydroxylation is 2. The number of piperidine rings is 1. The first kappa shape index (κ1) is 14.1. The molecule has 0 spiro atoms. The van der Waals surface area contributed by atoms with Crippen LogP contribution in [0.1, 0.15) is 30.4 Å². The van der Waals surface area contributed by atoms with E-state index in [0.717, 1.165) is 25.9 Å². The molecule has 104 valence electrons. The third-order valence-corrected chi connectivity index (χ3v) is 3.89. The molecular weight excluding hydrogens is 236 g/mol. The lowest BCUT2D eigenvalue weighted by Crippen LogP contribution is -2.47. The Labute approximate surface area is 116 Å². The number of nitrogens with zero attached hydrogens (tertiary/aromatic N) is 1. The van der Waals surface area contributed by atoms with Crippen molar-refractivity contribution in [3.8, 4) is 0 Å². The smallest absolute Gasteiger partial charge is 0.222 e. The summed E-state index contributed by atoms with van der Waals surface area (Å²) >= 11 is 0. The van der Waals surface area contributed by atoms with Gasteiger partial charge in [0.2, 0.25) is 5.91 Å². The zero-order valence-corrected chi connectivity index (χ0v) is 12.0. The summed E-state index contributed by atoms with van der Waals surface area (Å²) in [6.45, 7) is 3.88. The van der Waals surface area contributed by atoms with Gasteiger partial charge in [0, 0.05) is 25.6 Å². The normalized spacial score (nSPS) is 19.5. The molecule has 0 aromatic heterocycles. The molecule has 1 N–H and O–H groups in total. The number of nitrogens with one attached hydrogen (secondary N) is 1. The third-order valence-electron chi connectivity index (χ3n) is 3.89. The molecule has 1 aromatic carbocycles. The average Bonchev–Trinajstić information content (AvgIpc) is 2.45. The van der Waals surface area contributed by atoms with Gasteiger partial charge in [0.1, 0.15) is 0 Å². The number of likely N-dealkylation sites (N-methyl/N-ethyl adjacent to an activating group) is 1. The molecule has 1 amide bonds. The van der Waals surface area contributed by atoms with E-state index in [1.165, 1.54) is 17.5 Å². The molecule has 3 nitrogen and oxygen atoms in total. The molecule has 1 aliphatic rings. The highest BCUT2D eigenvalue weighted by atomic mass is 16.2. The Morgan fingerprint density at radius 3 is 3.05 bits per heavy atom. The van der Waals surface area contributed by atoms with Crippen molar-refractivity contribution >= 4 is 5.91 Å². The van der Waals surface area contributed by atoms with Crippen LogP contribution in [0.5, 0.6) is 0 Å². The summed E-state index contributed by atoms with van der Waals surface area (Å²) < 4.78 is 0. The Hall–Kier alpha value is -1.35. The molecule has 1 saturated heterocycles. The van der Waals surface area contributed by atoms with Gasteiger partial charge in [-0.3, -0.25) is 4.79 Å². The van der Waals surface area contributed by atoms with Crippen molar-refractivity contribution in [2.45, 2.75) is 38.6 Å². The van der Waals surface area contributed by atoms with E-state index in [0.29, 0.717) is 18.4 Å². The van der Waals surface area contributed by atoms with Gasteiger partial charge in [0.25, 0.3) is 0 Å². The van der Waals surface area contributed by atoms with E-state index in [9.17, 15) is 4.79 Å². The zero-order valence-electron chi connectivity index (χ0n) is 12.0. The number of carbonyl (C=O) groups is 1. The molecule has 1 unspecified atom stereocenters. The van der Waals surface area contributed by atoms with Gasteiger partial charge >= 0.3 is 0 Å². The highest BCUT2D eigenvalue weighted by molar-refractivity contribution is 5.76. The number of rotatable bonds is 4. The van der Waals surface area contributed by atoms with Crippen molar-refractivity contribution in [3.63, 3.8) is 0 Å². The highest BCUT2D eigenvalue weighted by Gasteiger charge is 2.21. The predicted octanol–water partition coefficient (Wildman–Crippen LogP) is 2.14. The van der Waals surface area contributed by atoms with E-state index >= 15 is 0 Å². The van der Waals surface area contributed by atoms with Crippen LogP contribution in [0.3, 0.4) is 0 Å². The summed E-state index contributed by atoms with van der Waals surface area (Å²) in [6.07, 6.45) is 3.76. The van der Waals surface area contributed by atoms with E-state index in [-0.39, 0.29) is 0 Å². The van der Waals surface area contributed by atoms with Crippen LogP contribution >= 0.6 is 0 Å². The van der Waals surface area contributed by atoms with Crippen LogP contribution in [0.15, 0.2) is 24.3 Å². The van der Waals surface area contributed by atoms with Crippen molar-refractivity contribution in [2.24, 2.45) is 0 Å². The monoisotopic (exact) mass is 260 g/mol. The van der Waals surface area contributed by atoms with Crippen LogP contribution in [0, 0.1) is 6.92 Å². The Balaban J connectivity index is 1.84. The summed E-state index contributed by atoms with van der Waals surface area (Å²) in [6, 6.07) is 8.89. The SMILES string of the molecule is CNC1CCCN(C(=O)CCc2cccc(C)c2)C1. The van der Waals surface area contributed by atoms with E-state index in [1.54, 1.807) is 0 Å². The van der Waals surface area contributed by atoms with Crippen LogP contribution in [0.2, 0.25) is 0 Å². The second kappa shape index (κ2) is 6.71. The van der Waals surface area contributed by atoms with Crippen molar-refractivity contribution in [3.05, 3.63) is 35.4 Å². The summed E-state index contributed by atoms with van der Waals surface area (Å²) in [4.78, 5) is 14.2. The lowest BCUT2D eigenvalue weighted by atomic mass is 10.0. The maximum Gasteiger partial charge on any atom is 0.222 e. The lowest BCUT2D eigenvalue weighted by molar-refractivity contribution is -0.132. The quantitative estimate of drug-likeness (QED) is 0.899. The molecule has 1 aliphatic heterocycles. The van der Waals surface area contributed by atoms with Crippen LogP contribution < -0.4 is 5.32 Å². The molecule has 1 fully saturated rings. The van der Waals surface area contributed by atoms with Crippen molar-refractivity contribution in [2.75, 3.05) is 20.1 Å². The first-order chi connectivity index (χ1) is 9.19. The molecule has 19 heavy (non-hydrogen) atoms. The van der Waals surface area contributed by atoms with Gasteiger partial charge in [-0.2, -0.15) is 0 Å². The van der Waals surface area contributed by atoms with Gasteiger partial charge in [0.15, 0.2) is 0 Å². The minimum atomic E-state index is 0.293. The van der Waals surface area contributed by atoms with E-state index in [4.69, 9.17) is 0 Å². The van der Waals surface area contributed by atoms with Crippen LogP contribution in [0.25, 0.3) is 0 Å². The second-order valence-electron chi connectivity index (χ2n) is 5.46. The topological polar surface area (TPSA) is 32.3 Å². The van der Waals surface area contributed by atoms with Crippen LogP contribution in [-0.4, -0.2) is 37.0 Å². The molecule has 0 saturated carbocycles. The van der Waals surface area contributed by atoms with Crippen LogP contribution in [0.4, 0.5) is 0 Å². The van der Waals surface area contributed by atoms with E-state index in [1.807, 2.05) is 11.9 Å². The Morgan fingerprint density at radius 2 is 2.32 bits per heavy atom. The molecular formula is C16H24N2O. The Morgan fingerprint density at radius 1 is 1.47 bits per heavy atom. The summed E-state index contributed by atoms with van der Waals surface area (Å²) in [5.74, 6) is 0.293. The largest absolute Gasteiger partial charge is 0.341 e. The van der Waals surface area contributed by atoms with Crippen molar-refractivity contribution < 1.29 is 4.79 Å². The van der Waals surface area contributed by atoms with Gasteiger partial charge < -0.3 is 10.2 Å². The number of likely N-dealkylation sites (tertiary alicyclic amines) is 1. The summed E-state index contributed by atoms with van der Waals surface area (Å²) in [7, 11) is 1.98. The number of carbonyl (C=O) groups excluding carboxylic acids is 1.